The zero-order valence-electron chi connectivity index (χ0n) is 18.5. The molecule has 8 heteroatoms. The zero-order valence-corrected chi connectivity index (χ0v) is 20.6. The molecule has 0 unspecified atom stereocenters. The smallest absolute Gasteiger partial charge is 0.335 e. The lowest BCUT2D eigenvalue weighted by atomic mass is 9.98. The van der Waals surface area contributed by atoms with Gasteiger partial charge in [0, 0.05) is 63.0 Å². The zero-order chi connectivity index (χ0) is 24.1. The number of halogens is 1. The van der Waals surface area contributed by atoms with Gasteiger partial charge in [-0.3, -0.25) is 4.79 Å². The number of carboxylic acids is 1. The first-order valence-electron chi connectivity index (χ1n) is 11.2. The second kappa shape index (κ2) is 8.46. The number of anilines is 2. The Balaban J connectivity index is 1.59. The van der Waals surface area contributed by atoms with E-state index in [1.807, 2.05) is 65.2 Å². The highest BCUT2D eigenvalue weighted by molar-refractivity contribution is 14.1. The molecule has 1 aliphatic heterocycles. The van der Waals surface area contributed by atoms with Gasteiger partial charge in [-0.05, 0) is 73.0 Å². The summed E-state index contributed by atoms with van der Waals surface area (Å²) in [6.45, 7) is 0.739. The maximum atomic E-state index is 11.9. The van der Waals surface area contributed by atoms with Crippen molar-refractivity contribution in [3.8, 4) is 11.3 Å². The SMILES string of the molecule is O=C(O)c1ccc2nc(-c3ccc4[nH]ccc4c3)c(N3CCCc4cc(C(=O)I)ccc43)nc2c1. The van der Waals surface area contributed by atoms with Gasteiger partial charge in [-0.15, -0.1) is 0 Å². The van der Waals surface area contributed by atoms with Crippen molar-refractivity contribution in [2.45, 2.75) is 12.8 Å². The van der Waals surface area contributed by atoms with E-state index < -0.39 is 5.97 Å². The molecule has 0 aliphatic carbocycles. The number of carbonyl (C=O) groups excluding carboxylic acids is 1. The third-order valence-corrected chi connectivity index (χ3v) is 7.02. The van der Waals surface area contributed by atoms with Gasteiger partial charge >= 0.3 is 5.97 Å². The molecule has 0 saturated carbocycles. The summed E-state index contributed by atoms with van der Waals surface area (Å²) in [5, 5.41) is 10.6. The molecule has 35 heavy (non-hydrogen) atoms. The number of aromatic nitrogens is 3. The van der Waals surface area contributed by atoms with Crippen molar-refractivity contribution in [1.82, 2.24) is 15.0 Å². The summed E-state index contributed by atoms with van der Waals surface area (Å²) in [6.07, 6.45) is 3.68. The highest BCUT2D eigenvalue weighted by Crippen LogP contribution is 2.39. The third-order valence-electron chi connectivity index (χ3n) is 6.40. The van der Waals surface area contributed by atoms with E-state index in [0.717, 1.165) is 52.8 Å². The van der Waals surface area contributed by atoms with E-state index in [1.165, 1.54) is 0 Å². The largest absolute Gasteiger partial charge is 0.478 e. The second-order valence-corrected chi connectivity index (χ2v) is 9.54. The first-order valence-corrected chi connectivity index (χ1v) is 12.3. The van der Waals surface area contributed by atoms with Crippen molar-refractivity contribution >= 4 is 65.8 Å². The van der Waals surface area contributed by atoms with Gasteiger partial charge in [-0.1, -0.05) is 6.07 Å². The number of aromatic carboxylic acids is 1. The summed E-state index contributed by atoms with van der Waals surface area (Å²) in [6, 6.07) is 18.7. The average Bonchev–Trinajstić information content (AvgIpc) is 3.35. The number of nitrogens with one attached hydrogen (secondary N) is 1. The molecule has 172 valence electrons. The first-order chi connectivity index (χ1) is 17.0. The summed E-state index contributed by atoms with van der Waals surface area (Å²) < 4.78 is 0.00899. The molecule has 1 aliphatic rings. The van der Waals surface area contributed by atoms with E-state index in [2.05, 4.69) is 16.0 Å². The number of nitrogens with zero attached hydrogens (tertiary/aromatic N) is 3. The molecular weight excluding hydrogens is 555 g/mol. The Morgan fingerprint density at radius 3 is 2.63 bits per heavy atom. The topological polar surface area (TPSA) is 99.2 Å². The number of hydrogen-bond donors (Lipinski definition) is 2. The maximum Gasteiger partial charge on any atom is 0.335 e. The summed E-state index contributed by atoms with van der Waals surface area (Å²) in [4.78, 5) is 38.8. The molecule has 2 N–H and O–H groups in total. The minimum absolute atomic E-state index is 0.00899. The molecule has 3 heterocycles. The van der Waals surface area contributed by atoms with E-state index in [0.29, 0.717) is 22.4 Å². The highest BCUT2D eigenvalue weighted by Gasteiger charge is 2.25. The molecule has 0 saturated heterocycles. The van der Waals surface area contributed by atoms with E-state index >= 15 is 0 Å². The van der Waals surface area contributed by atoms with Crippen molar-refractivity contribution in [1.29, 1.82) is 0 Å². The number of carbonyl (C=O) groups is 2. The fourth-order valence-corrected chi connectivity index (χ4v) is 5.04. The molecule has 0 spiro atoms. The molecule has 0 fully saturated rings. The third kappa shape index (κ3) is 3.83. The van der Waals surface area contributed by atoms with Crippen LogP contribution in [-0.4, -0.2) is 36.4 Å². The Morgan fingerprint density at radius 1 is 0.943 bits per heavy atom. The molecule has 0 radical (unpaired) electrons. The quantitative estimate of drug-likeness (QED) is 0.198. The molecular formula is C27H19IN4O3. The number of carboxylic acid groups (broad SMARTS) is 1. The second-order valence-electron chi connectivity index (χ2n) is 8.56. The Kier molecular flexibility index (Phi) is 5.25. The van der Waals surface area contributed by atoms with Gasteiger partial charge in [0.15, 0.2) is 5.82 Å². The molecule has 0 amide bonds. The Labute approximate surface area is 214 Å². The molecule has 7 nitrogen and oxygen atoms in total. The van der Waals surface area contributed by atoms with Crippen LogP contribution in [0.5, 0.6) is 0 Å². The van der Waals surface area contributed by atoms with Crippen molar-refractivity contribution in [3.63, 3.8) is 0 Å². The lowest BCUT2D eigenvalue weighted by molar-refractivity contribution is 0.0697. The molecule has 0 atom stereocenters. The normalized spacial score (nSPS) is 13.2. The monoisotopic (exact) mass is 574 g/mol. The molecule has 6 rings (SSSR count). The number of aromatic amines is 1. The van der Waals surface area contributed by atoms with E-state index in [9.17, 15) is 14.7 Å². The van der Waals surface area contributed by atoms with Gasteiger partial charge in [0.1, 0.15) is 5.69 Å². The predicted octanol–water partition coefficient (Wildman–Crippen LogP) is 6.14. The fraction of sp³-hybridized carbons (Fsp3) is 0.111. The Bertz CT molecular complexity index is 1660. The van der Waals surface area contributed by atoms with Crippen LogP contribution in [0.1, 0.15) is 32.7 Å². The van der Waals surface area contributed by atoms with Crippen molar-refractivity contribution in [3.05, 3.63) is 83.6 Å². The molecule has 0 bridgehead atoms. The van der Waals surface area contributed by atoms with Crippen LogP contribution in [0.2, 0.25) is 0 Å². The van der Waals surface area contributed by atoms with Crippen LogP contribution in [0.4, 0.5) is 11.5 Å². The number of fused-ring (bicyclic) bond motifs is 3. The van der Waals surface area contributed by atoms with Crippen LogP contribution in [-0.2, 0) is 6.42 Å². The van der Waals surface area contributed by atoms with E-state index in [1.54, 1.807) is 18.2 Å². The number of hydrogen-bond acceptors (Lipinski definition) is 5. The van der Waals surface area contributed by atoms with Crippen LogP contribution in [0, 0.1) is 0 Å². The van der Waals surface area contributed by atoms with Gasteiger partial charge in [-0.25, -0.2) is 14.8 Å². The summed E-state index contributed by atoms with van der Waals surface area (Å²) in [5.74, 6) is -0.332. The highest BCUT2D eigenvalue weighted by atomic mass is 127. The maximum absolute atomic E-state index is 11.9. The van der Waals surface area contributed by atoms with Gasteiger partial charge in [-0.2, -0.15) is 0 Å². The average molecular weight is 574 g/mol. The summed E-state index contributed by atoms with van der Waals surface area (Å²) in [7, 11) is 0. The van der Waals surface area contributed by atoms with Crippen molar-refractivity contribution < 1.29 is 14.7 Å². The van der Waals surface area contributed by atoms with Crippen molar-refractivity contribution in [2.24, 2.45) is 0 Å². The van der Waals surface area contributed by atoms with Gasteiger partial charge in [0.25, 0.3) is 0 Å². The lowest BCUT2D eigenvalue weighted by Gasteiger charge is -2.32. The molecule has 5 aromatic rings. The number of benzene rings is 3. The first kappa shape index (κ1) is 21.7. The molecule has 2 aromatic heterocycles. The Hall–Kier alpha value is -3.79. The number of H-pyrrole nitrogens is 1. The minimum atomic E-state index is -1.00. The van der Waals surface area contributed by atoms with Crippen LogP contribution in [0.25, 0.3) is 33.2 Å². The number of aryl methyl sites for hydroxylation is 1. The van der Waals surface area contributed by atoms with Crippen LogP contribution >= 0.6 is 22.6 Å². The standard InChI is InChI=1S/C27H19IN4O3/c28-25(33)18-5-8-23-16(13-18)2-1-11-32(23)26-24(17-3-6-20-15(12-17)9-10-29-20)30-21-7-4-19(27(34)35)14-22(21)31-26/h3-10,12-14,29H,1-2,11H2,(H,34,35). The van der Waals surface area contributed by atoms with Crippen LogP contribution in [0.15, 0.2) is 66.9 Å². The number of rotatable bonds is 4. The minimum Gasteiger partial charge on any atom is -0.478 e. The summed E-state index contributed by atoms with van der Waals surface area (Å²) >= 11 is 1.81. The van der Waals surface area contributed by atoms with Gasteiger partial charge in [0.2, 0.25) is 3.79 Å². The predicted molar refractivity (Wildman–Crippen MR) is 144 cm³/mol. The fourth-order valence-electron chi connectivity index (χ4n) is 4.70. The molecule has 3 aromatic carbocycles. The van der Waals surface area contributed by atoms with Crippen LogP contribution < -0.4 is 4.90 Å². The van der Waals surface area contributed by atoms with Gasteiger partial charge < -0.3 is 15.0 Å². The lowest BCUT2D eigenvalue weighted by Crippen LogP contribution is -2.26. The Morgan fingerprint density at radius 2 is 1.80 bits per heavy atom. The van der Waals surface area contributed by atoms with Crippen molar-refractivity contribution in [2.75, 3.05) is 11.4 Å². The van der Waals surface area contributed by atoms with Gasteiger partial charge in [0.05, 0.1) is 16.6 Å². The van der Waals surface area contributed by atoms with E-state index in [4.69, 9.17) is 9.97 Å². The van der Waals surface area contributed by atoms with E-state index in [-0.39, 0.29) is 9.35 Å². The summed E-state index contributed by atoms with van der Waals surface area (Å²) in [5.41, 5.74) is 6.78. The van der Waals surface area contributed by atoms with Crippen LogP contribution in [0.3, 0.4) is 0 Å².